The minimum absolute atomic E-state index is 0.303. The highest BCUT2D eigenvalue weighted by molar-refractivity contribution is 7.99. The first kappa shape index (κ1) is 27.5. The Hall–Kier alpha value is -2.55. The van der Waals surface area contributed by atoms with Gasteiger partial charge in [0.25, 0.3) is 0 Å². The molecular formula is C29H32N2O3S3. The molecule has 4 aromatic rings. The molecule has 4 rings (SSSR count). The molecule has 0 fully saturated rings. The predicted molar refractivity (Wildman–Crippen MR) is 156 cm³/mol. The number of thiophene rings is 1. The molecule has 0 aliphatic carbocycles. The smallest absolute Gasteiger partial charge is 0.348 e. The molecule has 0 aliphatic rings. The quantitative estimate of drug-likeness (QED) is 0.0807. The third-order valence-corrected chi connectivity index (χ3v) is 8.94. The molecule has 0 spiro atoms. The molecular weight excluding hydrogens is 521 g/mol. The lowest BCUT2D eigenvalue weighted by molar-refractivity contribution is 0.0531. The Morgan fingerprint density at radius 3 is 2.54 bits per heavy atom. The molecule has 0 N–H and O–H groups in total. The number of aromatic nitrogens is 2. The monoisotopic (exact) mass is 552 g/mol. The van der Waals surface area contributed by atoms with Crippen LogP contribution in [0.15, 0.2) is 58.5 Å². The van der Waals surface area contributed by atoms with Crippen molar-refractivity contribution in [3.05, 3.63) is 75.9 Å². The lowest BCUT2D eigenvalue weighted by Crippen LogP contribution is -2.04. The van der Waals surface area contributed by atoms with Gasteiger partial charge in [0, 0.05) is 16.0 Å². The number of hydrogen-bond donors (Lipinski definition) is 0. The van der Waals surface area contributed by atoms with Crippen LogP contribution in [0, 0.1) is 13.8 Å². The van der Waals surface area contributed by atoms with Crippen LogP contribution in [0.1, 0.15) is 58.9 Å². The molecule has 0 radical (unpaired) electrons. The van der Waals surface area contributed by atoms with Crippen LogP contribution in [0.25, 0.3) is 10.2 Å². The molecule has 5 nitrogen and oxygen atoms in total. The summed E-state index contributed by atoms with van der Waals surface area (Å²) in [6, 6.07) is 16.5. The maximum absolute atomic E-state index is 12.6. The van der Waals surface area contributed by atoms with Gasteiger partial charge in [0.05, 0.1) is 19.0 Å². The fraction of sp³-hybridized carbons (Fsp3) is 0.345. The third kappa shape index (κ3) is 6.86. The molecule has 8 heteroatoms. The number of nitrogens with zero attached hydrogens (tertiary/aromatic N) is 2. The molecule has 37 heavy (non-hydrogen) atoms. The molecule has 0 atom stereocenters. The second-order valence-electron chi connectivity index (χ2n) is 8.87. The van der Waals surface area contributed by atoms with Crippen molar-refractivity contribution in [3.8, 4) is 5.75 Å². The molecule has 2 aromatic heterocycles. The van der Waals surface area contributed by atoms with Gasteiger partial charge in [-0.05, 0) is 67.6 Å². The summed E-state index contributed by atoms with van der Waals surface area (Å²) in [7, 11) is 0. The maximum Gasteiger partial charge on any atom is 0.348 e. The van der Waals surface area contributed by atoms with Crippen molar-refractivity contribution >= 4 is 51.0 Å². The van der Waals surface area contributed by atoms with Gasteiger partial charge in [-0.25, -0.2) is 14.8 Å². The van der Waals surface area contributed by atoms with E-state index in [2.05, 4.69) is 45.0 Å². The number of fused-ring (bicyclic) bond motifs is 1. The highest BCUT2D eigenvalue weighted by Gasteiger charge is 2.22. The summed E-state index contributed by atoms with van der Waals surface area (Å²) in [5, 5.41) is 1.82. The summed E-state index contributed by atoms with van der Waals surface area (Å²) in [6.07, 6.45) is 0. The average molecular weight is 553 g/mol. The van der Waals surface area contributed by atoms with Crippen LogP contribution >= 0.6 is 34.9 Å². The first-order valence-corrected chi connectivity index (χ1v) is 15.2. The zero-order valence-corrected chi connectivity index (χ0v) is 24.3. The number of ether oxygens (including phenoxy) is 2. The van der Waals surface area contributed by atoms with Crippen molar-refractivity contribution in [2.45, 2.75) is 56.2 Å². The number of thioether (sulfide) groups is 2. The van der Waals surface area contributed by atoms with Crippen molar-refractivity contribution in [1.82, 2.24) is 9.97 Å². The summed E-state index contributed by atoms with van der Waals surface area (Å²) in [5.74, 6) is 3.20. The first-order chi connectivity index (χ1) is 17.9. The highest BCUT2D eigenvalue weighted by atomic mass is 32.2. The number of carbonyl (C=O) groups is 1. The minimum atomic E-state index is -0.303. The zero-order chi connectivity index (χ0) is 26.4. The van der Waals surface area contributed by atoms with Gasteiger partial charge in [0.2, 0.25) is 0 Å². The SMILES string of the molecule is CCOC(=O)c1sc2nc(CSc3ccccc3)nc(SCCOc3ccc(C(C)C)c(C)c3)c2c1C. The standard InChI is InChI=1S/C29H32N2O3S3/c1-6-33-29(32)26-20(5)25-27(35-15-14-34-21-12-13-23(18(2)3)19(4)16-21)30-24(31-28(25)37-26)17-36-22-10-8-7-9-11-22/h7-13,16,18H,6,14-15,17H2,1-5H3. The maximum atomic E-state index is 12.6. The van der Waals surface area contributed by atoms with Gasteiger partial charge >= 0.3 is 5.97 Å². The first-order valence-electron chi connectivity index (χ1n) is 12.4. The average Bonchev–Trinajstić information content (AvgIpc) is 3.22. The van der Waals surface area contributed by atoms with E-state index in [-0.39, 0.29) is 5.97 Å². The van der Waals surface area contributed by atoms with E-state index in [4.69, 9.17) is 19.4 Å². The second-order valence-corrected chi connectivity index (χ2v) is 12.0. The van der Waals surface area contributed by atoms with E-state index in [9.17, 15) is 4.79 Å². The van der Waals surface area contributed by atoms with Crippen molar-refractivity contribution in [3.63, 3.8) is 0 Å². The number of benzene rings is 2. The normalized spacial score (nSPS) is 11.3. The number of rotatable bonds is 11. The van der Waals surface area contributed by atoms with Gasteiger partial charge < -0.3 is 9.47 Å². The number of carbonyl (C=O) groups excluding carboxylic acids is 1. The number of aryl methyl sites for hydroxylation is 2. The summed E-state index contributed by atoms with van der Waals surface area (Å²) in [5.41, 5.74) is 3.47. The van der Waals surface area contributed by atoms with E-state index in [1.165, 1.54) is 27.4 Å². The van der Waals surface area contributed by atoms with Crippen LogP contribution in [0.3, 0.4) is 0 Å². The van der Waals surface area contributed by atoms with Gasteiger partial charge in [-0.2, -0.15) is 0 Å². The second kappa shape index (κ2) is 12.8. The van der Waals surface area contributed by atoms with Crippen LogP contribution in [0.5, 0.6) is 5.75 Å². The minimum Gasteiger partial charge on any atom is -0.493 e. The summed E-state index contributed by atoms with van der Waals surface area (Å²) < 4.78 is 11.3. The van der Waals surface area contributed by atoms with Crippen LogP contribution in [-0.2, 0) is 10.5 Å². The Kier molecular flexibility index (Phi) is 9.51. The van der Waals surface area contributed by atoms with Crippen LogP contribution in [0.4, 0.5) is 0 Å². The topological polar surface area (TPSA) is 61.3 Å². The fourth-order valence-electron chi connectivity index (χ4n) is 4.05. The molecule has 0 aliphatic heterocycles. The molecule has 0 saturated heterocycles. The largest absolute Gasteiger partial charge is 0.493 e. The molecule has 0 amide bonds. The van der Waals surface area contributed by atoms with Gasteiger partial charge in [0.15, 0.2) is 0 Å². The summed E-state index contributed by atoms with van der Waals surface area (Å²) in [4.78, 5) is 24.9. The lowest BCUT2D eigenvalue weighted by Gasteiger charge is -2.12. The molecule has 0 bridgehead atoms. The lowest BCUT2D eigenvalue weighted by atomic mass is 9.98. The number of hydrogen-bond acceptors (Lipinski definition) is 8. The summed E-state index contributed by atoms with van der Waals surface area (Å²) >= 11 is 4.72. The Labute approximate surface area is 231 Å². The third-order valence-electron chi connectivity index (χ3n) is 5.83. The molecule has 2 heterocycles. The molecule has 2 aromatic carbocycles. The van der Waals surface area contributed by atoms with Gasteiger partial charge in [-0.15, -0.1) is 34.9 Å². The predicted octanol–water partition coefficient (Wildman–Crippen LogP) is 8.07. The molecule has 0 unspecified atom stereocenters. The Morgan fingerprint density at radius 1 is 1.05 bits per heavy atom. The van der Waals surface area contributed by atoms with E-state index in [0.29, 0.717) is 29.8 Å². The van der Waals surface area contributed by atoms with E-state index < -0.39 is 0 Å². The fourth-order valence-corrected chi connectivity index (χ4v) is 6.91. The van der Waals surface area contributed by atoms with Crippen molar-refractivity contribution in [2.75, 3.05) is 19.0 Å². The van der Waals surface area contributed by atoms with E-state index in [1.54, 1.807) is 23.5 Å². The van der Waals surface area contributed by atoms with E-state index in [1.807, 2.05) is 38.1 Å². The van der Waals surface area contributed by atoms with Crippen LogP contribution in [0.2, 0.25) is 0 Å². The van der Waals surface area contributed by atoms with Crippen molar-refractivity contribution in [1.29, 1.82) is 0 Å². The molecule has 194 valence electrons. The Balaban J connectivity index is 1.53. The van der Waals surface area contributed by atoms with E-state index in [0.717, 1.165) is 38.1 Å². The zero-order valence-electron chi connectivity index (χ0n) is 21.9. The Morgan fingerprint density at radius 2 is 1.84 bits per heavy atom. The van der Waals surface area contributed by atoms with E-state index >= 15 is 0 Å². The van der Waals surface area contributed by atoms with Crippen LogP contribution in [-0.4, -0.2) is 34.9 Å². The highest BCUT2D eigenvalue weighted by Crippen LogP contribution is 2.37. The number of esters is 1. The van der Waals surface area contributed by atoms with Crippen LogP contribution < -0.4 is 4.74 Å². The van der Waals surface area contributed by atoms with Crippen molar-refractivity contribution in [2.24, 2.45) is 0 Å². The molecule has 0 saturated carbocycles. The van der Waals surface area contributed by atoms with Gasteiger partial charge in [-0.1, -0.05) is 38.1 Å². The Bertz CT molecular complexity index is 1370. The van der Waals surface area contributed by atoms with Crippen molar-refractivity contribution < 1.29 is 14.3 Å². The van der Waals surface area contributed by atoms with Gasteiger partial charge in [-0.3, -0.25) is 0 Å². The van der Waals surface area contributed by atoms with Gasteiger partial charge in [0.1, 0.15) is 26.3 Å². The summed E-state index contributed by atoms with van der Waals surface area (Å²) in [6.45, 7) is 11.2.